The van der Waals surface area contributed by atoms with Gasteiger partial charge in [-0.2, -0.15) is 13.2 Å². The van der Waals surface area contributed by atoms with Gasteiger partial charge in [-0.15, -0.1) is 11.3 Å². The molecule has 0 aliphatic carbocycles. The quantitative estimate of drug-likeness (QED) is 0.413. The molecule has 1 aliphatic heterocycles. The molecule has 0 amide bonds. The number of ether oxygens (including phenoxy) is 1. The maximum Gasteiger partial charge on any atom is 0.419 e. The first-order valence-corrected chi connectivity index (χ1v) is 11.7. The summed E-state index contributed by atoms with van der Waals surface area (Å²) in [7, 11) is 0. The molecule has 0 radical (unpaired) electrons. The fourth-order valence-corrected chi connectivity index (χ4v) is 4.51. The minimum atomic E-state index is -4.43. The number of thiazole rings is 1. The maximum atomic E-state index is 13.5. The van der Waals surface area contributed by atoms with E-state index in [1.165, 1.54) is 36.3 Å². The highest BCUT2D eigenvalue weighted by atomic mass is 32.1. The van der Waals surface area contributed by atoms with Gasteiger partial charge < -0.3 is 4.74 Å². The molecule has 0 unspecified atom stereocenters. The van der Waals surface area contributed by atoms with Crippen molar-refractivity contribution in [3.05, 3.63) is 45.4 Å². The Bertz CT molecular complexity index is 798. The molecule has 3 rings (SSSR count). The monoisotopic (exact) mass is 440 g/mol. The van der Waals surface area contributed by atoms with Crippen molar-refractivity contribution >= 4 is 11.3 Å². The Kier molecular flexibility index (Phi) is 8.17. The third-order valence-electron chi connectivity index (χ3n) is 5.57. The van der Waals surface area contributed by atoms with Crippen LogP contribution >= 0.6 is 11.3 Å². The Labute approximate surface area is 181 Å². The van der Waals surface area contributed by atoms with Crippen LogP contribution in [0.4, 0.5) is 13.2 Å². The Morgan fingerprint density at radius 2 is 1.97 bits per heavy atom. The summed E-state index contributed by atoms with van der Waals surface area (Å²) in [6.07, 6.45) is 1.10. The molecule has 0 atom stereocenters. The zero-order valence-corrected chi connectivity index (χ0v) is 18.6. The third-order valence-corrected chi connectivity index (χ3v) is 6.47. The summed E-state index contributed by atoms with van der Waals surface area (Å²) in [6, 6.07) is 4.38. The molecular formula is C23H31F3N2OS. The molecule has 166 valence electrons. The average molecular weight is 441 g/mol. The Balaban J connectivity index is 1.64. The Hall–Kier alpha value is -1.60. The van der Waals surface area contributed by atoms with Crippen molar-refractivity contribution in [1.29, 1.82) is 0 Å². The van der Waals surface area contributed by atoms with Gasteiger partial charge in [0.2, 0.25) is 0 Å². The molecule has 0 spiro atoms. The predicted molar refractivity (Wildman–Crippen MR) is 115 cm³/mol. The fraction of sp³-hybridized carbons (Fsp3) is 0.609. The molecule has 1 saturated heterocycles. The first kappa shape index (κ1) is 23.1. The summed E-state index contributed by atoms with van der Waals surface area (Å²) < 4.78 is 46.0. The highest BCUT2D eigenvalue weighted by Crippen LogP contribution is 2.37. The van der Waals surface area contributed by atoms with E-state index in [0.29, 0.717) is 18.6 Å². The molecule has 3 nitrogen and oxygen atoms in total. The number of halogens is 3. The smallest absolute Gasteiger partial charge is 0.419 e. The van der Waals surface area contributed by atoms with Crippen LogP contribution in [0.2, 0.25) is 0 Å². The molecule has 30 heavy (non-hydrogen) atoms. The van der Waals surface area contributed by atoms with Gasteiger partial charge in [-0.05, 0) is 56.0 Å². The summed E-state index contributed by atoms with van der Waals surface area (Å²) >= 11 is 1.52. The number of hydrogen-bond donors (Lipinski definition) is 0. The number of unbranched alkanes of at least 4 members (excludes halogenated alkanes) is 2. The lowest BCUT2D eigenvalue weighted by molar-refractivity contribution is -0.139. The number of rotatable bonds is 9. The fourth-order valence-electron chi connectivity index (χ4n) is 3.70. The van der Waals surface area contributed by atoms with E-state index in [2.05, 4.69) is 16.8 Å². The van der Waals surface area contributed by atoms with E-state index in [1.54, 1.807) is 6.07 Å². The van der Waals surface area contributed by atoms with E-state index in [4.69, 9.17) is 4.74 Å². The molecule has 1 fully saturated rings. The maximum absolute atomic E-state index is 13.5. The second-order valence-corrected chi connectivity index (χ2v) is 9.19. The van der Waals surface area contributed by atoms with Crippen LogP contribution < -0.4 is 4.74 Å². The van der Waals surface area contributed by atoms with Crippen LogP contribution in [0.25, 0.3) is 0 Å². The summed E-state index contributed by atoms with van der Waals surface area (Å²) in [5, 5.41) is 2.88. The summed E-state index contributed by atoms with van der Waals surface area (Å²) in [6.45, 7) is 7.64. The first-order valence-electron chi connectivity index (χ1n) is 10.8. The highest BCUT2D eigenvalue weighted by Gasteiger charge is 2.34. The van der Waals surface area contributed by atoms with E-state index in [1.807, 2.05) is 12.3 Å². The van der Waals surface area contributed by atoms with Crippen LogP contribution in [0.15, 0.2) is 23.6 Å². The van der Waals surface area contributed by atoms with Gasteiger partial charge in [-0.3, -0.25) is 4.90 Å². The van der Waals surface area contributed by atoms with Crippen molar-refractivity contribution in [2.75, 3.05) is 19.7 Å². The SMILES string of the molecule is CCCCCOc1ccc(Cc2nc(CN3CCC(C)CC3)cs2)cc1C(F)(F)F. The van der Waals surface area contributed by atoms with Crippen LogP contribution in [-0.2, 0) is 19.1 Å². The van der Waals surface area contributed by atoms with Gasteiger partial charge in [0.25, 0.3) is 0 Å². The molecule has 1 aromatic heterocycles. The minimum absolute atomic E-state index is 0.0819. The second-order valence-electron chi connectivity index (χ2n) is 8.25. The van der Waals surface area contributed by atoms with Gasteiger partial charge in [0, 0.05) is 18.3 Å². The molecule has 1 aliphatic rings. The molecule has 1 aromatic carbocycles. The topological polar surface area (TPSA) is 25.4 Å². The summed E-state index contributed by atoms with van der Waals surface area (Å²) in [5.41, 5.74) is 0.920. The number of piperidine rings is 1. The average Bonchev–Trinajstić information content (AvgIpc) is 3.14. The Morgan fingerprint density at radius 3 is 2.67 bits per heavy atom. The van der Waals surface area contributed by atoms with Crippen molar-refractivity contribution in [2.24, 2.45) is 5.92 Å². The lowest BCUT2D eigenvalue weighted by Gasteiger charge is -2.29. The lowest BCUT2D eigenvalue weighted by Crippen LogP contribution is -2.32. The molecule has 0 bridgehead atoms. The van der Waals surface area contributed by atoms with E-state index >= 15 is 0 Å². The number of nitrogens with zero attached hydrogens (tertiary/aromatic N) is 2. The standard InChI is InChI=1S/C23H31F3N2OS/c1-3-4-5-12-29-21-7-6-18(13-20(21)23(24,25)26)14-22-27-19(16-30-22)15-28-10-8-17(2)9-11-28/h6-7,13,16-17H,3-5,8-12,14-15H2,1-2H3. The number of aromatic nitrogens is 1. The number of hydrogen-bond acceptors (Lipinski definition) is 4. The third kappa shape index (κ3) is 6.71. The summed E-state index contributed by atoms with van der Waals surface area (Å²) in [4.78, 5) is 7.08. The summed E-state index contributed by atoms with van der Waals surface area (Å²) in [5.74, 6) is 0.704. The van der Waals surface area contributed by atoms with E-state index in [9.17, 15) is 13.2 Å². The number of likely N-dealkylation sites (tertiary alicyclic amines) is 1. The molecule has 0 saturated carbocycles. The van der Waals surface area contributed by atoms with Crippen molar-refractivity contribution in [1.82, 2.24) is 9.88 Å². The number of alkyl halides is 3. The van der Waals surface area contributed by atoms with Crippen molar-refractivity contribution in [2.45, 2.75) is 65.1 Å². The van der Waals surface area contributed by atoms with Crippen LogP contribution in [0.3, 0.4) is 0 Å². The second kappa shape index (κ2) is 10.6. The molecule has 7 heteroatoms. The molecular weight excluding hydrogens is 409 g/mol. The van der Waals surface area contributed by atoms with Gasteiger partial charge in [0.15, 0.2) is 0 Å². The van der Waals surface area contributed by atoms with Crippen molar-refractivity contribution in [3.8, 4) is 5.75 Å². The largest absolute Gasteiger partial charge is 0.493 e. The predicted octanol–water partition coefficient (Wildman–Crippen LogP) is 6.55. The van der Waals surface area contributed by atoms with Crippen molar-refractivity contribution < 1.29 is 17.9 Å². The minimum Gasteiger partial charge on any atom is -0.493 e. The zero-order chi connectivity index (χ0) is 21.6. The van der Waals surface area contributed by atoms with E-state index in [-0.39, 0.29) is 5.75 Å². The van der Waals surface area contributed by atoms with Gasteiger partial charge in [0.1, 0.15) is 5.75 Å². The van der Waals surface area contributed by atoms with Crippen molar-refractivity contribution in [3.63, 3.8) is 0 Å². The van der Waals surface area contributed by atoms with E-state index < -0.39 is 11.7 Å². The van der Waals surface area contributed by atoms with E-state index in [0.717, 1.165) is 55.5 Å². The van der Waals surface area contributed by atoms with Crippen LogP contribution in [0, 0.1) is 5.92 Å². The molecule has 0 N–H and O–H groups in total. The Morgan fingerprint density at radius 1 is 1.20 bits per heavy atom. The van der Waals surface area contributed by atoms with Crippen LogP contribution in [0.1, 0.15) is 67.8 Å². The molecule has 2 heterocycles. The van der Waals surface area contributed by atoms with Gasteiger partial charge in [-0.25, -0.2) is 4.98 Å². The van der Waals surface area contributed by atoms with Gasteiger partial charge in [0.05, 0.1) is 22.9 Å². The lowest BCUT2D eigenvalue weighted by atomic mass is 9.99. The normalized spacial score (nSPS) is 16.2. The highest BCUT2D eigenvalue weighted by molar-refractivity contribution is 7.09. The van der Waals surface area contributed by atoms with Crippen LogP contribution in [0.5, 0.6) is 5.75 Å². The van der Waals surface area contributed by atoms with Crippen LogP contribution in [-0.4, -0.2) is 29.6 Å². The number of benzene rings is 1. The zero-order valence-electron chi connectivity index (χ0n) is 17.8. The first-order chi connectivity index (χ1) is 14.3. The van der Waals surface area contributed by atoms with Gasteiger partial charge >= 0.3 is 6.18 Å². The van der Waals surface area contributed by atoms with Gasteiger partial charge in [-0.1, -0.05) is 32.8 Å². The molecule has 2 aromatic rings.